The van der Waals surface area contributed by atoms with Crippen LogP contribution >= 0.6 is 12.4 Å². The van der Waals surface area contributed by atoms with Crippen molar-refractivity contribution in [3.05, 3.63) is 0 Å². The van der Waals surface area contributed by atoms with Gasteiger partial charge in [-0.15, -0.1) is 12.4 Å². The van der Waals surface area contributed by atoms with Crippen molar-refractivity contribution in [2.24, 2.45) is 5.73 Å². The lowest BCUT2D eigenvalue weighted by Gasteiger charge is -1.91. The van der Waals surface area contributed by atoms with Gasteiger partial charge < -0.3 is 10.8 Å². The lowest BCUT2D eigenvalue weighted by atomic mass is 10.4. The van der Waals surface area contributed by atoms with Crippen LogP contribution in [0, 0.1) is 0 Å². The van der Waals surface area contributed by atoms with Crippen molar-refractivity contribution >= 4 is 12.4 Å². The molecule has 0 aliphatic rings. The summed E-state index contributed by atoms with van der Waals surface area (Å²) in [5.74, 6) is 0. The quantitative estimate of drug-likeness (QED) is 0.494. The molecular formula is C3H10ClNO. The minimum Gasteiger partial charge on any atom is -0.392 e. The van der Waals surface area contributed by atoms with Crippen LogP contribution in [0.4, 0.5) is 0 Å². The zero-order chi connectivity index (χ0) is 6.78. The number of nitrogens with two attached hydrogens (primary N) is 1. The summed E-state index contributed by atoms with van der Waals surface area (Å²) in [7, 11) is 0. The molecule has 3 N–H and O–H groups in total. The van der Waals surface area contributed by atoms with Gasteiger partial charge in [-0.2, -0.15) is 0 Å². The summed E-state index contributed by atoms with van der Waals surface area (Å²) in [5, 5.41) is 8.51. The first-order chi connectivity index (χ1) is 3.48. The molecule has 0 bridgehead atoms. The molecule has 0 saturated carbocycles. The monoisotopic (exact) mass is 114 g/mol. The number of aliphatic hydroxyl groups is 1. The summed E-state index contributed by atoms with van der Waals surface area (Å²) < 4.78 is 19.6. The summed E-state index contributed by atoms with van der Waals surface area (Å²) in [6, 6.07) is 0. The lowest BCUT2D eigenvalue weighted by Crippen LogP contribution is -2.14. The standard InChI is InChI=1S/C3H9NO.ClH/c1-3(5)2-4;/h3,5H,2,4H2,1H3;1H/i1D3;. The summed E-state index contributed by atoms with van der Waals surface area (Å²) in [5.41, 5.74) is 4.85. The first kappa shape index (κ1) is 3.24. The second kappa shape index (κ2) is 5.21. The third-order valence-corrected chi connectivity index (χ3v) is 0.223. The molecule has 1 atom stereocenters. The van der Waals surface area contributed by atoms with Gasteiger partial charge in [-0.25, -0.2) is 0 Å². The van der Waals surface area contributed by atoms with Gasteiger partial charge in [0.25, 0.3) is 0 Å². The highest BCUT2D eigenvalue weighted by molar-refractivity contribution is 5.85. The fourth-order valence-electron chi connectivity index (χ4n) is 0. The van der Waals surface area contributed by atoms with E-state index in [0.29, 0.717) is 0 Å². The van der Waals surface area contributed by atoms with Crippen molar-refractivity contribution < 1.29 is 9.22 Å². The van der Waals surface area contributed by atoms with Crippen LogP contribution in [0.3, 0.4) is 0 Å². The van der Waals surface area contributed by atoms with Gasteiger partial charge in [-0.05, 0) is 6.85 Å². The smallest absolute Gasteiger partial charge is 0.0634 e. The third-order valence-electron chi connectivity index (χ3n) is 0.223. The van der Waals surface area contributed by atoms with Crippen LogP contribution < -0.4 is 5.73 Å². The van der Waals surface area contributed by atoms with Crippen LogP contribution in [-0.2, 0) is 0 Å². The fraction of sp³-hybridized carbons (Fsp3) is 1.00. The molecule has 2 nitrogen and oxygen atoms in total. The predicted octanol–water partition coefficient (Wildman–Crippen LogP) is -0.252. The van der Waals surface area contributed by atoms with E-state index in [4.69, 9.17) is 15.0 Å². The fourth-order valence-corrected chi connectivity index (χ4v) is 0. The minimum absolute atomic E-state index is 0. The van der Waals surface area contributed by atoms with E-state index >= 15 is 0 Å². The summed E-state index contributed by atoms with van der Waals surface area (Å²) in [6.07, 6.45) is -1.37. The summed E-state index contributed by atoms with van der Waals surface area (Å²) in [6.45, 7) is -2.52. The molecule has 3 heteroatoms. The Morgan fingerprint density at radius 1 is 2.17 bits per heavy atom. The van der Waals surface area contributed by atoms with Crippen LogP contribution in [0.15, 0.2) is 0 Å². The maximum absolute atomic E-state index is 8.51. The second-order valence-corrected chi connectivity index (χ2v) is 0.752. The molecule has 0 fully saturated rings. The molecule has 6 heavy (non-hydrogen) atoms. The molecule has 0 aromatic carbocycles. The Morgan fingerprint density at radius 3 is 2.67 bits per heavy atom. The average molecular weight is 115 g/mol. The number of hydrogen-bond acceptors (Lipinski definition) is 2. The topological polar surface area (TPSA) is 46.2 Å². The Kier molecular flexibility index (Phi) is 2.82. The lowest BCUT2D eigenvalue weighted by molar-refractivity contribution is 0.203. The molecule has 1 unspecified atom stereocenters. The third kappa shape index (κ3) is 8.88. The number of aliphatic hydroxyl groups excluding tert-OH is 1. The average Bonchev–Trinajstić information content (AvgIpc) is 1.62. The van der Waals surface area contributed by atoms with Crippen LogP contribution in [0.5, 0.6) is 0 Å². The van der Waals surface area contributed by atoms with E-state index < -0.39 is 13.0 Å². The number of hydrogen-bond donors (Lipinski definition) is 2. The largest absolute Gasteiger partial charge is 0.392 e. The predicted molar refractivity (Wildman–Crippen MR) is 28.0 cm³/mol. The van der Waals surface area contributed by atoms with E-state index in [9.17, 15) is 0 Å². The van der Waals surface area contributed by atoms with Gasteiger partial charge in [0.05, 0.1) is 6.10 Å². The zero-order valence-corrected chi connectivity index (χ0v) is 4.03. The number of rotatable bonds is 1. The van der Waals surface area contributed by atoms with E-state index in [2.05, 4.69) is 0 Å². The van der Waals surface area contributed by atoms with Crippen molar-refractivity contribution in [1.29, 1.82) is 0 Å². The molecule has 0 aromatic heterocycles. The summed E-state index contributed by atoms with van der Waals surface area (Å²) in [4.78, 5) is 0. The highest BCUT2D eigenvalue weighted by Crippen LogP contribution is 1.65. The van der Waals surface area contributed by atoms with Crippen LogP contribution in [0.1, 0.15) is 11.0 Å². The molecule has 0 aromatic rings. The normalized spacial score (nSPS) is 22.0. The molecular weight excluding hydrogens is 101 g/mol. The van der Waals surface area contributed by atoms with Gasteiger partial charge in [0.2, 0.25) is 0 Å². The summed E-state index contributed by atoms with van der Waals surface area (Å²) >= 11 is 0. The Labute approximate surface area is 48.0 Å². The van der Waals surface area contributed by atoms with E-state index in [1.54, 1.807) is 0 Å². The highest BCUT2D eigenvalue weighted by Gasteiger charge is 1.81. The first-order valence-corrected chi connectivity index (χ1v) is 1.36. The molecule has 0 rings (SSSR count). The van der Waals surface area contributed by atoms with E-state index in [1.165, 1.54) is 0 Å². The Hall–Kier alpha value is 0.210. The maximum atomic E-state index is 8.51. The maximum Gasteiger partial charge on any atom is 0.0634 e. The first-order valence-electron chi connectivity index (χ1n) is 2.86. The van der Waals surface area contributed by atoms with Crippen molar-refractivity contribution in [3.8, 4) is 0 Å². The van der Waals surface area contributed by atoms with Gasteiger partial charge >= 0.3 is 0 Å². The van der Waals surface area contributed by atoms with Gasteiger partial charge in [0.1, 0.15) is 0 Å². The van der Waals surface area contributed by atoms with Crippen molar-refractivity contribution in [3.63, 3.8) is 0 Å². The van der Waals surface area contributed by atoms with E-state index in [-0.39, 0.29) is 19.0 Å². The van der Waals surface area contributed by atoms with Gasteiger partial charge in [-0.3, -0.25) is 0 Å². The van der Waals surface area contributed by atoms with Crippen molar-refractivity contribution in [2.75, 3.05) is 6.54 Å². The molecule has 0 amide bonds. The SMILES string of the molecule is Cl.[2H]C([2H])([2H])C(O)CN. The molecule has 40 valence electrons. The number of halogens is 1. The molecule has 0 saturated heterocycles. The van der Waals surface area contributed by atoms with Gasteiger partial charge in [0.15, 0.2) is 0 Å². The van der Waals surface area contributed by atoms with E-state index in [0.717, 1.165) is 0 Å². The van der Waals surface area contributed by atoms with Crippen LogP contribution in [0.2, 0.25) is 0 Å². The van der Waals surface area contributed by atoms with E-state index in [1.807, 2.05) is 0 Å². The Bertz CT molecular complexity index is 75.9. The zero-order valence-electron chi connectivity index (χ0n) is 6.22. The Morgan fingerprint density at radius 2 is 2.67 bits per heavy atom. The Balaban J connectivity index is 0. The van der Waals surface area contributed by atoms with Crippen molar-refractivity contribution in [2.45, 2.75) is 13.0 Å². The van der Waals surface area contributed by atoms with Crippen LogP contribution in [-0.4, -0.2) is 17.8 Å². The van der Waals surface area contributed by atoms with Gasteiger partial charge in [0, 0.05) is 10.7 Å². The second-order valence-electron chi connectivity index (χ2n) is 0.752. The van der Waals surface area contributed by atoms with Crippen LogP contribution in [0.25, 0.3) is 0 Å². The van der Waals surface area contributed by atoms with Gasteiger partial charge in [-0.1, -0.05) is 0 Å². The molecule has 0 aliphatic carbocycles. The molecule has 0 spiro atoms. The minimum atomic E-state index is -2.31. The van der Waals surface area contributed by atoms with Crippen molar-refractivity contribution in [1.82, 2.24) is 0 Å². The highest BCUT2D eigenvalue weighted by atomic mass is 35.5. The molecule has 0 heterocycles. The molecule has 0 radical (unpaired) electrons. The molecule has 0 aliphatic heterocycles.